The van der Waals surface area contributed by atoms with Gasteiger partial charge in [0.2, 0.25) is 0 Å². The van der Waals surface area contributed by atoms with E-state index in [0.717, 1.165) is 22.1 Å². The molecule has 2 aliphatic rings. The first kappa shape index (κ1) is 47.3. The van der Waals surface area contributed by atoms with Crippen LogP contribution in [0.15, 0.2) is 36.4 Å². The van der Waals surface area contributed by atoms with E-state index in [2.05, 4.69) is 64.1 Å². The molecule has 0 radical (unpaired) electrons. The predicted octanol–water partition coefficient (Wildman–Crippen LogP) is 18.8. The van der Waals surface area contributed by atoms with E-state index < -0.39 is 0 Å². The summed E-state index contributed by atoms with van der Waals surface area (Å²) in [5, 5.41) is 0. The van der Waals surface area contributed by atoms with Gasteiger partial charge in [0.05, 0.1) is 23.5 Å². The Labute approximate surface area is 385 Å². The van der Waals surface area contributed by atoms with Crippen LogP contribution in [0, 0.1) is 0 Å². The summed E-state index contributed by atoms with van der Waals surface area (Å²) in [6, 6.07) is 15.2. The fraction of sp³-hybridized carbons (Fsp3) is 0.679. The van der Waals surface area contributed by atoms with E-state index in [1.165, 1.54) is 251 Å². The average molecular weight is 875 g/mol. The molecule has 0 saturated heterocycles. The summed E-state index contributed by atoms with van der Waals surface area (Å²) in [6.45, 7) is 9.32. The lowest BCUT2D eigenvalue weighted by Gasteiger charge is -2.35. The van der Waals surface area contributed by atoms with Crippen LogP contribution in [0.25, 0.3) is 44.3 Å². The summed E-state index contributed by atoms with van der Waals surface area (Å²) in [6.07, 6.45) is 42.5. The second-order valence-corrected chi connectivity index (χ2v) is 20.9. The molecule has 0 unspecified atom stereocenters. The molecule has 0 atom stereocenters. The molecule has 0 spiro atoms. The molecule has 0 fully saturated rings. The maximum absolute atomic E-state index is 5.13. The number of benzene rings is 3. The first-order valence-corrected chi connectivity index (χ1v) is 27.8. The number of hydrogen-bond donors (Lipinski definition) is 0. The number of unbranched alkanes of at least 4 members (excludes halogenated alkanes) is 24. The fourth-order valence-corrected chi connectivity index (χ4v) is 13.1. The Hall–Kier alpha value is -2.70. The van der Waals surface area contributed by atoms with Crippen molar-refractivity contribution >= 4 is 45.5 Å². The van der Waals surface area contributed by atoms with Crippen LogP contribution in [0.3, 0.4) is 0 Å². The van der Waals surface area contributed by atoms with Crippen molar-refractivity contribution in [3.8, 4) is 22.3 Å². The summed E-state index contributed by atoms with van der Waals surface area (Å²) < 4.78 is 20.0. The molecular weight excluding hydrogens is 793 g/mol. The molecule has 2 heterocycles. The minimum Gasteiger partial charge on any atom is -0.173 e. The molecular formula is C56H82N4S2. The molecule has 0 aliphatic heterocycles. The monoisotopic (exact) mass is 875 g/mol. The third kappa shape index (κ3) is 10.5. The molecule has 5 aromatic rings. The van der Waals surface area contributed by atoms with E-state index in [4.69, 9.17) is 17.5 Å². The molecule has 2 aromatic heterocycles. The van der Waals surface area contributed by atoms with Crippen LogP contribution >= 0.6 is 23.5 Å². The number of fused-ring (bicyclic) bond motifs is 10. The molecule has 2 aliphatic carbocycles. The Bertz CT molecular complexity index is 1920. The van der Waals surface area contributed by atoms with Crippen molar-refractivity contribution in [3.05, 3.63) is 58.7 Å². The standard InChI is InChI=1S/C56H82N4S2/c1-5-9-13-17-21-25-29-37-55(38-30-26-22-18-14-10-6-2)45-33-35-49-53(59-61-57-49)51(45)43-42-48-44(41-47(43)55)52-46(34-36-50-54(52)60-62-58-50)56(48,39-31-27-23-19-15-11-7-3)40-32-28-24-20-16-12-8-4/h33-36,41-42H,5-32,37-40H2,1-4H3. The quantitative estimate of drug-likeness (QED) is 0.0404. The van der Waals surface area contributed by atoms with E-state index >= 15 is 0 Å². The lowest BCUT2D eigenvalue weighted by molar-refractivity contribution is 0.394. The van der Waals surface area contributed by atoms with Crippen molar-refractivity contribution in [3.63, 3.8) is 0 Å². The lowest BCUT2D eigenvalue weighted by Crippen LogP contribution is -2.27. The van der Waals surface area contributed by atoms with Crippen LogP contribution in [0.5, 0.6) is 0 Å². The number of aromatic nitrogens is 4. The minimum absolute atomic E-state index is 0.0129. The van der Waals surface area contributed by atoms with Crippen LogP contribution in [0.2, 0.25) is 0 Å². The predicted molar refractivity (Wildman–Crippen MR) is 271 cm³/mol. The maximum Gasteiger partial charge on any atom is 0.112 e. The third-order valence-electron chi connectivity index (χ3n) is 15.4. The molecule has 0 bridgehead atoms. The van der Waals surface area contributed by atoms with Gasteiger partial charge in [-0.15, -0.1) is 0 Å². The zero-order chi connectivity index (χ0) is 43.0. The highest BCUT2D eigenvalue weighted by atomic mass is 32.1. The molecule has 62 heavy (non-hydrogen) atoms. The van der Waals surface area contributed by atoms with Gasteiger partial charge in [-0.3, -0.25) is 0 Å². The minimum atomic E-state index is -0.0129. The van der Waals surface area contributed by atoms with Crippen molar-refractivity contribution in [2.24, 2.45) is 0 Å². The van der Waals surface area contributed by atoms with Crippen LogP contribution in [0.4, 0.5) is 0 Å². The van der Waals surface area contributed by atoms with E-state index in [9.17, 15) is 0 Å². The highest BCUT2D eigenvalue weighted by Crippen LogP contribution is 2.62. The van der Waals surface area contributed by atoms with E-state index in [0.29, 0.717) is 0 Å². The molecule has 3 aromatic carbocycles. The van der Waals surface area contributed by atoms with Crippen molar-refractivity contribution in [1.82, 2.24) is 17.5 Å². The summed E-state index contributed by atoms with van der Waals surface area (Å²) in [7, 11) is 0. The Morgan fingerprint density at radius 2 is 0.629 bits per heavy atom. The van der Waals surface area contributed by atoms with Gasteiger partial charge in [0.25, 0.3) is 0 Å². The smallest absolute Gasteiger partial charge is 0.112 e. The summed E-state index contributed by atoms with van der Waals surface area (Å²) >= 11 is 2.80. The highest BCUT2D eigenvalue weighted by molar-refractivity contribution is 7.00. The molecule has 6 heteroatoms. The van der Waals surface area contributed by atoms with Gasteiger partial charge < -0.3 is 0 Å². The van der Waals surface area contributed by atoms with E-state index in [1.54, 1.807) is 22.3 Å². The largest absolute Gasteiger partial charge is 0.173 e. The number of rotatable bonds is 32. The first-order valence-electron chi connectivity index (χ1n) is 26.3. The molecule has 0 N–H and O–H groups in total. The Morgan fingerprint density at radius 1 is 0.339 bits per heavy atom. The van der Waals surface area contributed by atoms with Gasteiger partial charge in [0.1, 0.15) is 22.1 Å². The van der Waals surface area contributed by atoms with Gasteiger partial charge in [0.15, 0.2) is 0 Å². The normalized spacial score (nSPS) is 14.5. The van der Waals surface area contributed by atoms with Crippen LogP contribution < -0.4 is 0 Å². The van der Waals surface area contributed by atoms with Crippen LogP contribution in [-0.2, 0) is 10.8 Å². The second-order valence-electron chi connectivity index (χ2n) is 19.8. The van der Waals surface area contributed by atoms with Crippen LogP contribution in [0.1, 0.15) is 255 Å². The molecule has 4 nitrogen and oxygen atoms in total. The molecule has 7 rings (SSSR count). The Morgan fingerprint density at radius 3 is 0.935 bits per heavy atom. The third-order valence-corrected chi connectivity index (χ3v) is 16.5. The molecule has 0 saturated carbocycles. The first-order chi connectivity index (χ1) is 30.6. The van der Waals surface area contributed by atoms with Crippen LogP contribution in [-0.4, -0.2) is 17.5 Å². The van der Waals surface area contributed by atoms with Gasteiger partial charge >= 0.3 is 0 Å². The van der Waals surface area contributed by atoms with Crippen molar-refractivity contribution in [1.29, 1.82) is 0 Å². The Balaban J connectivity index is 1.33. The summed E-state index contributed by atoms with van der Waals surface area (Å²) in [5.41, 5.74) is 16.4. The van der Waals surface area contributed by atoms with Crippen molar-refractivity contribution in [2.75, 3.05) is 0 Å². The van der Waals surface area contributed by atoms with Crippen molar-refractivity contribution in [2.45, 2.75) is 244 Å². The maximum atomic E-state index is 5.13. The SMILES string of the molecule is CCCCCCCCCC1(CCCCCCCCC)c2cc3c(cc2-c2c1ccc1nsnc21)C(CCCCCCCCC)(CCCCCCCCC)c1ccc2nsnc2c1-3. The summed E-state index contributed by atoms with van der Waals surface area (Å²) in [4.78, 5) is 0. The lowest BCUT2D eigenvalue weighted by atomic mass is 9.68. The topological polar surface area (TPSA) is 51.6 Å². The zero-order valence-electron chi connectivity index (χ0n) is 39.7. The zero-order valence-corrected chi connectivity index (χ0v) is 41.3. The molecule has 338 valence electrons. The van der Waals surface area contributed by atoms with Gasteiger partial charge in [-0.05, 0) is 83.3 Å². The fourth-order valence-electron chi connectivity index (χ4n) is 12.0. The van der Waals surface area contributed by atoms with Gasteiger partial charge in [0, 0.05) is 22.0 Å². The van der Waals surface area contributed by atoms with E-state index in [-0.39, 0.29) is 10.8 Å². The number of hydrogen-bond acceptors (Lipinski definition) is 6. The van der Waals surface area contributed by atoms with Crippen molar-refractivity contribution < 1.29 is 0 Å². The van der Waals surface area contributed by atoms with Gasteiger partial charge in [-0.1, -0.05) is 220 Å². The second kappa shape index (κ2) is 24.0. The molecule has 0 amide bonds. The van der Waals surface area contributed by atoms with Gasteiger partial charge in [-0.2, -0.15) is 17.5 Å². The average Bonchev–Trinajstić information content (AvgIpc) is 4.08. The number of nitrogens with zero attached hydrogens (tertiary/aromatic N) is 4. The summed E-state index contributed by atoms with van der Waals surface area (Å²) in [5.74, 6) is 0. The highest BCUT2D eigenvalue weighted by Gasteiger charge is 2.49. The van der Waals surface area contributed by atoms with E-state index in [1.807, 2.05) is 0 Å². The Kier molecular flexibility index (Phi) is 18.3. The van der Waals surface area contributed by atoms with Gasteiger partial charge in [-0.25, -0.2) is 0 Å².